The van der Waals surface area contributed by atoms with Gasteiger partial charge in [0.1, 0.15) is 5.78 Å². The van der Waals surface area contributed by atoms with Crippen molar-refractivity contribution >= 4 is 5.78 Å². The molecule has 0 aliphatic heterocycles. The van der Waals surface area contributed by atoms with Gasteiger partial charge in [0.15, 0.2) is 0 Å². The number of carbonyl (C=O) groups excluding carboxylic acids is 1. The van der Waals surface area contributed by atoms with Crippen LogP contribution in [-0.4, -0.2) is 22.1 Å². The Balaban J connectivity index is 2.11. The van der Waals surface area contributed by atoms with E-state index in [-0.39, 0.29) is 0 Å². The lowest BCUT2D eigenvalue weighted by Crippen LogP contribution is -2.02. The van der Waals surface area contributed by atoms with Gasteiger partial charge in [-0.05, 0) is 24.9 Å². The van der Waals surface area contributed by atoms with Gasteiger partial charge in [-0.15, -0.1) is 0 Å². The fourth-order valence-corrected chi connectivity index (χ4v) is 1.70. The summed E-state index contributed by atoms with van der Waals surface area (Å²) in [6, 6.07) is 0. The number of nitrogens with zero attached hydrogens (tertiary/aromatic N) is 2. The molecule has 0 aromatic carbocycles. The van der Waals surface area contributed by atoms with Crippen LogP contribution in [0.15, 0.2) is 12.4 Å². The van der Waals surface area contributed by atoms with Gasteiger partial charge >= 0.3 is 0 Å². The van der Waals surface area contributed by atoms with E-state index in [9.17, 15) is 4.79 Å². The molecule has 0 radical (unpaired) electrons. The molecule has 0 bridgehead atoms. The smallest absolute Gasteiger partial charge is 0.137 e. The lowest BCUT2D eigenvalue weighted by Gasteiger charge is -1.99. The predicted molar refractivity (Wildman–Crippen MR) is 64.1 cm³/mol. The van der Waals surface area contributed by atoms with Crippen LogP contribution < -0.4 is 5.73 Å². The lowest BCUT2D eigenvalue weighted by molar-refractivity contribution is -0.118. The number of rotatable bonds is 8. The fourth-order valence-electron chi connectivity index (χ4n) is 1.70. The molecule has 0 spiro atoms. The van der Waals surface area contributed by atoms with Gasteiger partial charge in [-0.1, -0.05) is 12.8 Å². The van der Waals surface area contributed by atoms with Crippen molar-refractivity contribution in [2.24, 2.45) is 12.8 Å². The number of hydrogen-bond acceptors (Lipinski definition) is 3. The molecule has 1 aromatic rings. The maximum Gasteiger partial charge on any atom is 0.137 e. The highest BCUT2D eigenvalue weighted by atomic mass is 16.1. The summed E-state index contributed by atoms with van der Waals surface area (Å²) in [6.45, 7) is 0.754. The highest BCUT2D eigenvalue weighted by Gasteiger charge is 2.04. The molecule has 1 rings (SSSR count). The first kappa shape index (κ1) is 12.9. The van der Waals surface area contributed by atoms with Gasteiger partial charge in [0.25, 0.3) is 0 Å². The van der Waals surface area contributed by atoms with Crippen molar-refractivity contribution in [3.8, 4) is 0 Å². The Morgan fingerprint density at radius 1 is 1.38 bits per heavy atom. The molecule has 0 amide bonds. The molecule has 0 saturated heterocycles. The molecule has 2 N–H and O–H groups in total. The molecule has 0 fully saturated rings. The van der Waals surface area contributed by atoms with Crippen molar-refractivity contribution in [1.82, 2.24) is 9.78 Å². The van der Waals surface area contributed by atoms with Crippen molar-refractivity contribution < 1.29 is 4.79 Å². The lowest BCUT2D eigenvalue weighted by atomic mass is 10.1. The van der Waals surface area contributed by atoms with Gasteiger partial charge in [0.2, 0.25) is 0 Å². The second kappa shape index (κ2) is 7.17. The Morgan fingerprint density at radius 2 is 2.12 bits per heavy atom. The largest absolute Gasteiger partial charge is 0.330 e. The average Bonchev–Trinajstić information content (AvgIpc) is 2.63. The van der Waals surface area contributed by atoms with E-state index in [1.807, 2.05) is 13.2 Å². The Bertz CT molecular complexity index is 320. The van der Waals surface area contributed by atoms with Crippen LogP contribution in [0.3, 0.4) is 0 Å². The first-order valence-corrected chi connectivity index (χ1v) is 5.91. The molecule has 90 valence electrons. The van der Waals surface area contributed by atoms with Crippen molar-refractivity contribution in [1.29, 1.82) is 0 Å². The molecule has 1 heterocycles. The molecular weight excluding hydrogens is 202 g/mol. The first-order chi connectivity index (χ1) is 7.72. The van der Waals surface area contributed by atoms with E-state index in [0.717, 1.165) is 37.8 Å². The van der Waals surface area contributed by atoms with E-state index < -0.39 is 0 Å². The third kappa shape index (κ3) is 5.07. The van der Waals surface area contributed by atoms with Crippen molar-refractivity contribution in [2.45, 2.75) is 38.5 Å². The highest BCUT2D eigenvalue weighted by molar-refractivity contribution is 5.80. The fraction of sp³-hybridized carbons (Fsp3) is 0.667. The summed E-state index contributed by atoms with van der Waals surface area (Å²) in [6.07, 6.45) is 9.14. The van der Waals surface area contributed by atoms with Crippen LogP contribution in [0.5, 0.6) is 0 Å². The predicted octanol–water partition coefficient (Wildman–Crippen LogP) is 1.44. The van der Waals surface area contributed by atoms with Crippen LogP contribution in [0.1, 0.15) is 37.7 Å². The summed E-state index contributed by atoms with van der Waals surface area (Å²) < 4.78 is 1.73. The molecule has 4 nitrogen and oxygen atoms in total. The third-order valence-electron chi connectivity index (χ3n) is 2.57. The number of Topliss-reactive ketones (excluding diaryl/α,β-unsaturated/α-hetero) is 1. The quantitative estimate of drug-likeness (QED) is 0.678. The van der Waals surface area contributed by atoms with Crippen molar-refractivity contribution in [3.05, 3.63) is 18.0 Å². The topological polar surface area (TPSA) is 60.9 Å². The Labute approximate surface area is 96.8 Å². The van der Waals surface area contributed by atoms with Gasteiger partial charge in [0, 0.05) is 26.1 Å². The Morgan fingerprint density at radius 3 is 2.75 bits per heavy atom. The summed E-state index contributed by atoms with van der Waals surface area (Å²) >= 11 is 0. The van der Waals surface area contributed by atoms with E-state index >= 15 is 0 Å². The molecule has 16 heavy (non-hydrogen) atoms. The van der Waals surface area contributed by atoms with Gasteiger partial charge in [-0.25, -0.2) is 0 Å². The number of hydrogen-bond donors (Lipinski definition) is 1. The molecule has 0 aliphatic carbocycles. The standard InChI is InChI=1S/C12H21N3O/c1-15-10-11(9-14-15)8-12(16)6-4-2-3-5-7-13/h9-10H,2-8,13H2,1H3. The number of aromatic nitrogens is 2. The van der Waals surface area contributed by atoms with Crippen LogP contribution in [-0.2, 0) is 18.3 Å². The van der Waals surface area contributed by atoms with Crippen LogP contribution in [0.2, 0.25) is 0 Å². The number of nitrogens with two attached hydrogens (primary N) is 1. The van der Waals surface area contributed by atoms with E-state index in [4.69, 9.17) is 5.73 Å². The maximum absolute atomic E-state index is 11.6. The SMILES string of the molecule is Cn1cc(CC(=O)CCCCCCN)cn1. The van der Waals surface area contributed by atoms with Crippen LogP contribution in [0.4, 0.5) is 0 Å². The minimum atomic E-state index is 0.306. The summed E-state index contributed by atoms with van der Waals surface area (Å²) in [4.78, 5) is 11.6. The van der Waals surface area contributed by atoms with E-state index in [1.165, 1.54) is 0 Å². The van der Waals surface area contributed by atoms with Gasteiger partial charge in [-0.3, -0.25) is 9.48 Å². The molecular formula is C12H21N3O. The molecule has 1 aromatic heterocycles. The van der Waals surface area contributed by atoms with Gasteiger partial charge in [0.05, 0.1) is 6.20 Å². The minimum absolute atomic E-state index is 0.306. The number of unbranched alkanes of at least 4 members (excludes halogenated alkanes) is 3. The zero-order chi connectivity index (χ0) is 11.8. The van der Waals surface area contributed by atoms with Crippen molar-refractivity contribution in [2.75, 3.05) is 6.54 Å². The number of aryl methyl sites for hydroxylation is 1. The summed E-state index contributed by atoms with van der Waals surface area (Å²) in [5.74, 6) is 0.306. The molecule has 0 atom stereocenters. The molecule has 0 aliphatic rings. The maximum atomic E-state index is 11.6. The van der Waals surface area contributed by atoms with E-state index in [2.05, 4.69) is 5.10 Å². The van der Waals surface area contributed by atoms with Crippen LogP contribution in [0.25, 0.3) is 0 Å². The Hall–Kier alpha value is -1.16. The monoisotopic (exact) mass is 223 g/mol. The molecule has 0 saturated carbocycles. The van der Waals surface area contributed by atoms with Crippen molar-refractivity contribution in [3.63, 3.8) is 0 Å². The third-order valence-corrected chi connectivity index (χ3v) is 2.57. The summed E-state index contributed by atoms with van der Waals surface area (Å²) in [5.41, 5.74) is 6.41. The first-order valence-electron chi connectivity index (χ1n) is 5.91. The number of carbonyl (C=O) groups is 1. The van der Waals surface area contributed by atoms with E-state index in [0.29, 0.717) is 18.6 Å². The normalized spacial score (nSPS) is 10.6. The average molecular weight is 223 g/mol. The summed E-state index contributed by atoms with van der Waals surface area (Å²) in [5, 5.41) is 4.04. The van der Waals surface area contributed by atoms with Gasteiger partial charge in [-0.2, -0.15) is 5.10 Å². The van der Waals surface area contributed by atoms with E-state index in [1.54, 1.807) is 10.9 Å². The van der Waals surface area contributed by atoms with Crippen LogP contribution >= 0.6 is 0 Å². The second-order valence-corrected chi connectivity index (χ2v) is 4.19. The van der Waals surface area contributed by atoms with Gasteiger partial charge < -0.3 is 5.73 Å². The summed E-state index contributed by atoms with van der Waals surface area (Å²) in [7, 11) is 1.86. The zero-order valence-corrected chi connectivity index (χ0v) is 9.98. The number of ketones is 1. The molecule has 4 heteroatoms. The molecule has 0 unspecified atom stereocenters. The second-order valence-electron chi connectivity index (χ2n) is 4.19. The highest BCUT2D eigenvalue weighted by Crippen LogP contribution is 2.06. The van der Waals surface area contributed by atoms with Crippen LogP contribution in [0, 0.1) is 0 Å². The zero-order valence-electron chi connectivity index (χ0n) is 9.98. The Kier molecular flexibility index (Phi) is 5.78. The minimum Gasteiger partial charge on any atom is -0.330 e.